The SMILES string of the molecule is CC(C)CC(=O)N1CCC[C@H]1c1ncc(-c2ccc(-c3ccc(C(=O)CN)cc3)cc2)[nH]1. The fourth-order valence-electron chi connectivity index (χ4n) is 4.28. The maximum atomic E-state index is 12.6. The molecule has 6 heteroatoms. The van der Waals surface area contributed by atoms with Crippen molar-refractivity contribution in [2.24, 2.45) is 11.7 Å². The second kappa shape index (κ2) is 9.49. The fourth-order valence-corrected chi connectivity index (χ4v) is 4.28. The number of amides is 1. The van der Waals surface area contributed by atoms with Gasteiger partial charge in [-0.15, -0.1) is 0 Å². The molecule has 0 saturated carbocycles. The van der Waals surface area contributed by atoms with Crippen LogP contribution in [0.15, 0.2) is 54.7 Å². The van der Waals surface area contributed by atoms with E-state index in [9.17, 15) is 9.59 Å². The number of carbonyl (C=O) groups is 2. The second-order valence-electron chi connectivity index (χ2n) is 8.81. The lowest BCUT2D eigenvalue weighted by Gasteiger charge is -2.24. The molecule has 1 fully saturated rings. The van der Waals surface area contributed by atoms with Gasteiger partial charge in [0.15, 0.2) is 5.78 Å². The molecule has 32 heavy (non-hydrogen) atoms. The fraction of sp³-hybridized carbons (Fsp3) is 0.346. The molecule has 0 radical (unpaired) electrons. The lowest BCUT2D eigenvalue weighted by atomic mass is 10.0. The Kier molecular flexibility index (Phi) is 6.51. The zero-order chi connectivity index (χ0) is 22.7. The Hall–Kier alpha value is -3.25. The molecular weight excluding hydrogens is 400 g/mol. The summed E-state index contributed by atoms with van der Waals surface area (Å²) in [6.07, 6.45) is 4.38. The van der Waals surface area contributed by atoms with Gasteiger partial charge in [-0.2, -0.15) is 0 Å². The quantitative estimate of drug-likeness (QED) is 0.536. The Labute approximate surface area is 188 Å². The van der Waals surface area contributed by atoms with Gasteiger partial charge in [0.25, 0.3) is 0 Å². The first-order valence-electron chi connectivity index (χ1n) is 11.2. The van der Waals surface area contributed by atoms with Crippen molar-refractivity contribution in [3.8, 4) is 22.4 Å². The Morgan fingerprint density at radius 1 is 1.06 bits per heavy atom. The zero-order valence-corrected chi connectivity index (χ0v) is 18.7. The highest BCUT2D eigenvalue weighted by Gasteiger charge is 2.32. The maximum Gasteiger partial charge on any atom is 0.223 e. The minimum atomic E-state index is -0.0614. The number of rotatable bonds is 7. The molecule has 6 nitrogen and oxygen atoms in total. The van der Waals surface area contributed by atoms with E-state index in [2.05, 4.69) is 48.1 Å². The molecule has 1 atom stereocenters. The summed E-state index contributed by atoms with van der Waals surface area (Å²) in [4.78, 5) is 34.4. The zero-order valence-electron chi connectivity index (χ0n) is 18.7. The van der Waals surface area contributed by atoms with Gasteiger partial charge in [0.1, 0.15) is 5.82 Å². The van der Waals surface area contributed by atoms with Crippen LogP contribution in [0.5, 0.6) is 0 Å². The van der Waals surface area contributed by atoms with Crippen molar-refractivity contribution in [3.63, 3.8) is 0 Å². The van der Waals surface area contributed by atoms with Gasteiger partial charge in [-0.05, 0) is 35.4 Å². The highest BCUT2D eigenvalue weighted by atomic mass is 16.2. The van der Waals surface area contributed by atoms with Crippen LogP contribution in [0.1, 0.15) is 55.3 Å². The van der Waals surface area contributed by atoms with Gasteiger partial charge in [0, 0.05) is 18.5 Å². The van der Waals surface area contributed by atoms with Crippen molar-refractivity contribution in [3.05, 3.63) is 66.1 Å². The van der Waals surface area contributed by atoms with Crippen molar-refractivity contribution >= 4 is 11.7 Å². The Balaban J connectivity index is 1.49. The summed E-state index contributed by atoms with van der Waals surface area (Å²) >= 11 is 0. The average molecular weight is 431 g/mol. The van der Waals surface area contributed by atoms with Crippen molar-refractivity contribution < 1.29 is 9.59 Å². The Bertz CT molecular complexity index is 1080. The lowest BCUT2D eigenvalue weighted by molar-refractivity contribution is -0.133. The van der Waals surface area contributed by atoms with Gasteiger partial charge in [-0.1, -0.05) is 62.4 Å². The Morgan fingerprint density at radius 3 is 2.31 bits per heavy atom. The molecule has 1 aliphatic rings. The lowest BCUT2D eigenvalue weighted by Crippen LogP contribution is -2.31. The number of nitrogens with two attached hydrogens (primary N) is 1. The van der Waals surface area contributed by atoms with E-state index in [1.807, 2.05) is 35.4 Å². The van der Waals surface area contributed by atoms with Crippen LogP contribution in [-0.4, -0.2) is 39.6 Å². The number of hydrogen-bond donors (Lipinski definition) is 2. The number of Topliss-reactive ketones (excluding diaryl/α,β-unsaturated/α-hetero) is 1. The standard InChI is InChI=1S/C26H30N4O2/c1-17(2)14-25(32)30-13-3-4-23(30)26-28-16-22(29-26)20-9-5-18(6-10-20)19-7-11-21(12-8-19)24(31)15-27/h5-12,16-17,23H,3-4,13-15,27H2,1-2H3,(H,28,29)/t23-/m0/s1. The van der Waals surface area contributed by atoms with Gasteiger partial charge in [0.2, 0.25) is 5.91 Å². The number of aromatic amines is 1. The molecule has 1 aliphatic heterocycles. The average Bonchev–Trinajstić information content (AvgIpc) is 3.48. The van der Waals surface area contributed by atoms with E-state index in [-0.39, 0.29) is 24.3 Å². The third kappa shape index (κ3) is 4.65. The third-order valence-corrected chi connectivity index (χ3v) is 5.99. The monoisotopic (exact) mass is 430 g/mol. The van der Waals surface area contributed by atoms with Crippen molar-refractivity contribution in [1.82, 2.24) is 14.9 Å². The van der Waals surface area contributed by atoms with E-state index in [1.165, 1.54) is 0 Å². The number of ketones is 1. The summed E-state index contributed by atoms with van der Waals surface area (Å²) in [7, 11) is 0. The first-order chi connectivity index (χ1) is 15.5. The number of nitrogens with zero attached hydrogens (tertiary/aromatic N) is 2. The number of likely N-dealkylation sites (tertiary alicyclic amines) is 1. The molecular formula is C26H30N4O2. The number of carbonyl (C=O) groups excluding carboxylic acids is 2. The second-order valence-corrected chi connectivity index (χ2v) is 8.81. The number of imidazole rings is 1. The summed E-state index contributed by atoms with van der Waals surface area (Å²) in [6, 6.07) is 15.8. The number of nitrogens with one attached hydrogen (secondary N) is 1. The first-order valence-corrected chi connectivity index (χ1v) is 11.2. The van der Waals surface area contributed by atoms with Crippen LogP contribution in [-0.2, 0) is 4.79 Å². The van der Waals surface area contributed by atoms with Gasteiger partial charge >= 0.3 is 0 Å². The summed E-state index contributed by atoms with van der Waals surface area (Å²) in [6.45, 7) is 4.97. The van der Waals surface area contributed by atoms with Gasteiger partial charge in [0.05, 0.1) is 24.5 Å². The van der Waals surface area contributed by atoms with E-state index in [1.54, 1.807) is 0 Å². The third-order valence-electron chi connectivity index (χ3n) is 5.99. The smallest absolute Gasteiger partial charge is 0.223 e. The summed E-state index contributed by atoms with van der Waals surface area (Å²) in [5.41, 5.74) is 10.2. The van der Waals surface area contributed by atoms with Crippen LogP contribution in [0.2, 0.25) is 0 Å². The molecule has 3 aromatic rings. The van der Waals surface area contributed by atoms with Gasteiger partial charge in [-0.25, -0.2) is 4.98 Å². The molecule has 1 aromatic heterocycles. The summed E-state index contributed by atoms with van der Waals surface area (Å²) in [5, 5.41) is 0. The molecule has 1 saturated heterocycles. The van der Waals surface area contributed by atoms with Crippen LogP contribution in [0.3, 0.4) is 0 Å². The number of H-pyrrole nitrogens is 1. The van der Waals surface area contributed by atoms with Crippen molar-refractivity contribution in [2.75, 3.05) is 13.1 Å². The molecule has 0 spiro atoms. The highest BCUT2D eigenvalue weighted by molar-refractivity contribution is 5.97. The predicted octanol–water partition coefficient (Wildman–Crippen LogP) is 4.59. The maximum absolute atomic E-state index is 12.6. The molecule has 3 N–H and O–H groups in total. The van der Waals surface area contributed by atoms with Crippen LogP contribution in [0.4, 0.5) is 0 Å². The first kappa shape index (κ1) is 22.0. The molecule has 166 valence electrons. The van der Waals surface area contributed by atoms with E-state index < -0.39 is 0 Å². The van der Waals surface area contributed by atoms with Crippen LogP contribution in [0, 0.1) is 5.92 Å². The number of benzene rings is 2. The predicted molar refractivity (Wildman–Crippen MR) is 126 cm³/mol. The van der Waals surface area contributed by atoms with Crippen LogP contribution >= 0.6 is 0 Å². The van der Waals surface area contributed by atoms with E-state index >= 15 is 0 Å². The minimum absolute atomic E-state index is 0.0186. The highest BCUT2D eigenvalue weighted by Crippen LogP contribution is 2.33. The van der Waals surface area contributed by atoms with Crippen molar-refractivity contribution in [1.29, 1.82) is 0 Å². The normalized spacial score (nSPS) is 16.0. The van der Waals surface area contributed by atoms with Gasteiger partial charge < -0.3 is 15.6 Å². The van der Waals surface area contributed by atoms with Crippen LogP contribution < -0.4 is 5.73 Å². The van der Waals surface area contributed by atoms with E-state index in [4.69, 9.17) is 5.73 Å². The molecule has 1 amide bonds. The van der Waals surface area contributed by atoms with Crippen LogP contribution in [0.25, 0.3) is 22.4 Å². The van der Waals surface area contributed by atoms with Gasteiger partial charge in [-0.3, -0.25) is 9.59 Å². The largest absolute Gasteiger partial charge is 0.340 e. The molecule has 4 rings (SSSR count). The number of aromatic nitrogens is 2. The van der Waals surface area contributed by atoms with E-state index in [0.717, 1.165) is 47.6 Å². The number of hydrogen-bond acceptors (Lipinski definition) is 4. The van der Waals surface area contributed by atoms with E-state index in [0.29, 0.717) is 17.9 Å². The molecule has 2 heterocycles. The Morgan fingerprint density at radius 2 is 1.69 bits per heavy atom. The minimum Gasteiger partial charge on any atom is -0.340 e. The summed E-state index contributed by atoms with van der Waals surface area (Å²) < 4.78 is 0. The topological polar surface area (TPSA) is 92.1 Å². The summed E-state index contributed by atoms with van der Waals surface area (Å²) in [5.74, 6) is 1.36. The molecule has 0 aliphatic carbocycles. The van der Waals surface area contributed by atoms with Crippen molar-refractivity contribution in [2.45, 2.75) is 39.2 Å². The molecule has 0 unspecified atom stereocenters. The molecule has 2 aromatic carbocycles. The molecule has 0 bridgehead atoms.